The molecule has 0 saturated heterocycles. The van der Waals surface area contributed by atoms with Crippen LogP contribution in [0.3, 0.4) is 0 Å². The largest absolute Gasteiger partial charge is 0.434 e. The molecule has 1 aliphatic rings. The fraction of sp³-hybridized carbons (Fsp3) is 0.217. The van der Waals surface area contributed by atoms with E-state index in [1.165, 1.54) is 12.1 Å². The van der Waals surface area contributed by atoms with Crippen LogP contribution in [0.1, 0.15) is 17.1 Å². The molecule has 5 rings (SSSR count). The third kappa shape index (κ3) is 3.90. The van der Waals surface area contributed by atoms with Crippen LogP contribution in [0.25, 0.3) is 22.0 Å². The second kappa shape index (κ2) is 7.46. The van der Waals surface area contributed by atoms with Gasteiger partial charge in [-0.2, -0.15) is 13.2 Å². The van der Waals surface area contributed by atoms with E-state index in [1.54, 1.807) is 22.9 Å². The Morgan fingerprint density at radius 3 is 2.55 bits per heavy atom. The normalized spacial score (nSPS) is 14.7. The zero-order valence-electron chi connectivity index (χ0n) is 16.4. The van der Waals surface area contributed by atoms with Crippen molar-refractivity contribution in [3.05, 3.63) is 83.8 Å². The van der Waals surface area contributed by atoms with Crippen LogP contribution in [0, 0.1) is 5.82 Å². The quantitative estimate of drug-likeness (QED) is 0.419. The van der Waals surface area contributed by atoms with Crippen LogP contribution >= 0.6 is 0 Å². The van der Waals surface area contributed by atoms with Crippen LogP contribution in [-0.4, -0.2) is 26.0 Å². The summed E-state index contributed by atoms with van der Waals surface area (Å²) in [5.41, 5.74) is 2.87. The lowest BCUT2D eigenvalue weighted by Gasteiger charge is -2.27. The van der Waals surface area contributed by atoms with E-state index < -0.39 is 11.9 Å². The van der Waals surface area contributed by atoms with Crippen LogP contribution in [0.5, 0.6) is 0 Å². The minimum Gasteiger partial charge on any atom is -0.332 e. The van der Waals surface area contributed by atoms with Crippen molar-refractivity contribution in [1.82, 2.24) is 19.4 Å². The molecule has 158 valence electrons. The van der Waals surface area contributed by atoms with Crippen LogP contribution in [0.2, 0.25) is 0 Å². The average Bonchev–Trinajstić information content (AvgIpc) is 3.18. The van der Waals surface area contributed by atoms with Crippen molar-refractivity contribution < 1.29 is 17.6 Å². The topological polar surface area (TPSA) is 34.0 Å². The number of fused-ring (bicyclic) bond motifs is 2. The standard InChI is InChI=1S/C23H18F4N4/c24-17-4-2-16(3-5-17)18-7-8-28-20-11-15(1-6-19(18)20)12-30-9-10-31-13-21(23(25,26)27)29-22(31)14-30/h1-8,11,13H,9-10,12,14H2. The van der Waals surface area contributed by atoms with Gasteiger partial charge in [0.25, 0.3) is 0 Å². The van der Waals surface area contributed by atoms with E-state index in [0.29, 0.717) is 32.0 Å². The molecule has 0 aliphatic carbocycles. The molecule has 0 radical (unpaired) electrons. The molecule has 0 spiro atoms. The molecule has 3 heterocycles. The van der Waals surface area contributed by atoms with Crippen molar-refractivity contribution >= 4 is 10.9 Å². The first-order valence-electron chi connectivity index (χ1n) is 9.86. The lowest BCUT2D eigenvalue weighted by atomic mass is 10.00. The summed E-state index contributed by atoms with van der Waals surface area (Å²) in [7, 11) is 0. The van der Waals surface area contributed by atoms with Crippen LogP contribution in [-0.2, 0) is 25.8 Å². The maximum absolute atomic E-state index is 13.3. The first-order valence-corrected chi connectivity index (χ1v) is 9.86. The van der Waals surface area contributed by atoms with E-state index in [4.69, 9.17) is 0 Å². The molecule has 0 N–H and O–H groups in total. The summed E-state index contributed by atoms with van der Waals surface area (Å²) in [5, 5.41) is 0.960. The molecular weight excluding hydrogens is 408 g/mol. The highest BCUT2D eigenvalue weighted by Gasteiger charge is 2.35. The van der Waals surface area contributed by atoms with Gasteiger partial charge in [0.1, 0.15) is 11.6 Å². The molecule has 0 atom stereocenters. The fourth-order valence-electron chi connectivity index (χ4n) is 4.01. The zero-order valence-corrected chi connectivity index (χ0v) is 16.4. The van der Waals surface area contributed by atoms with Crippen LogP contribution < -0.4 is 0 Å². The molecule has 0 fully saturated rings. The molecule has 4 nitrogen and oxygen atoms in total. The van der Waals surface area contributed by atoms with Gasteiger partial charge < -0.3 is 4.57 Å². The lowest BCUT2D eigenvalue weighted by molar-refractivity contribution is -0.141. The molecule has 0 bridgehead atoms. The number of benzene rings is 2. The minimum absolute atomic E-state index is 0.283. The SMILES string of the molecule is Fc1ccc(-c2ccnc3cc(CN4CCn5cc(C(F)(F)F)nc5C4)ccc23)cc1. The molecule has 0 unspecified atom stereocenters. The number of aromatic nitrogens is 3. The number of halogens is 4. The third-order valence-corrected chi connectivity index (χ3v) is 5.54. The highest BCUT2D eigenvalue weighted by molar-refractivity contribution is 5.94. The Morgan fingerprint density at radius 1 is 0.968 bits per heavy atom. The number of pyridine rings is 1. The van der Waals surface area contributed by atoms with Gasteiger partial charge in [-0.05, 0) is 41.0 Å². The van der Waals surface area contributed by atoms with E-state index in [1.807, 2.05) is 24.3 Å². The maximum atomic E-state index is 13.3. The van der Waals surface area contributed by atoms with Crippen molar-refractivity contribution in [2.24, 2.45) is 0 Å². The molecule has 31 heavy (non-hydrogen) atoms. The Hall–Kier alpha value is -3.26. The summed E-state index contributed by atoms with van der Waals surface area (Å²) < 4.78 is 53.6. The average molecular weight is 426 g/mol. The summed E-state index contributed by atoms with van der Waals surface area (Å²) in [6.07, 6.45) is -1.62. The number of hydrogen-bond acceptors (Lipinski definition) is 3. The Balaban J connectivity index is 1.38. The van der Waals surface area contributed by atoms with E-state index in [-0.39, 0.29) is 5.82 Å². The first-order chi connectivity index (χ1) is 14.9. The Bertz CT molecular complexity index is 1240. The molecule has 0 amide bonds. The monoisotopic (exact) mass is 426 g/mol. The molecule has 2 aromatic carbocycles. The van der Waals surface area contributed by atoms with Gasteiger partial charge in [0.2, 0.25) is 0 Å². The molecule has 1 aliphatic heterocycles. The predicted octanol–water partition coefficient (Wildman–Crippen LogP) is 5.27. The Kier molecular flexibility index (Phi) is 4.74. The number of alkyl halides is 3. The van der Waals surface area contributed by atoms with Crippen molar-refractivity contribution in [3.63, 3.8) is 0 Å². The Labute approximate surface area is 175 Å². The highest BCUT2D eigenvalue weighted by Crippen LogP contribution is 2.31. The second-order valence-electron chi connectivity index (χ2n) is 7.66. The molecule has 8 heteroatoms. The van der Waals surface area contributed by atoms with Gasteiger partial charge in [-0.15, -0.1) is 0 Å². The van der Waals surface area contributed by atoms with Crippen LogP contribution in [0.15, 0.2) is 60.9 Å². The number of rotatable bonds is 3. The van der Waals surface area contributed by atoms with Crippen molar-refractivity contribution in [1.29, 1.82) is 0 Å². The minimum atomic E-state index is -4.43. The number of imidazole rings is 1. The maximum Gasteiger partial charge on any atom is 0.434 e. The van der Waals surface area contributed by atoms with Gasteiger partial charge in [-0.25, -0.2) is 9.37 Å². The van der Waals surface area contributed by atoms with Gasteiger partial charge in [-0.1, -0.05) is 24.3 Å². The number of nitrogens with zero attached hydrogens (tertiary/aromatic N) is 4. The Morgan fingerprint density at radius 2 is 1.77 bits per heavy atom. The van der Waals surface area contributed by atoms with Gasteiger partial charge in [0, 0.05) is 37.4 Å². The first kappa shape index (κ1) is 19.7. The zero-order chi connectivity index (χ0) is 21.6. The highest BCUT2D eigenvalue weighted by atomic mass is 19.4. The van der Waals surface area contributed by atoms with E-state index in [9.17, 15) is 17.6 Å². The summed E-state index contributed by atoms with van der Waals surface area (Å²) in [6, 6.07) is 14.2. The summed E-state index contributed by atoms with van der Waals surface area (Å²) in [6.45, 7) is 2.06. The molecular formula is C23H18F4N4. The predicted molar refractivity (Wildman–Crippen MR) is 108 cm³/mol. The van der Waals surface area contributed by atoms with Gasteiger partial charge in [0.15, 0.2) is 5.69 Å². The van der Waals surface area contributed by atoms with E-state index in [0.717, 1.165) is 33.8 Å². The van der Waals surface area contributed by atoms with Crippen molar-refractivity contribution in [2.45, 2.75) is 25.8 Å². The molecule has 4 aromatic rings. The van der Waals surface area contributed by atoms with Gasteiger partial charge in [-0.3, -0.25) is 9.88 Å². The fourth-order valence-corrected chi connectivity index (χ4v) is 4.01. The van der Waals surface area contributed by atoms with Gasteiger partial charge in [0.05, 0.1) is 12.1 Å². The van der Waals surface area contributed by atoms with Crippen molar-refractivity contribution in [2.75, 3.05) is 6.54 Å². The molecule has 2 aromatic heterocycles. The number of hydrogen-bond donors (Lipinski definition) is 0. The van der Waals surface area contributed by atoms with Crippen molar-refractivity contribution in [3.8, 4) is 11.1 Å². The second-order valence-corrected chi connectivity index (χ2v) is 7.66. The molecule has 0 saturated carbocycles. The van der Waals surface area contributed by atoms with E-state index in [2.05, 4.69) is 14.9 Å². The summed E-state index contributed by atoms with van der Waals surface area (Å²) in [4.78, 5) is 10.3. The third-order valence-electron chi connectivity index (χ3n) is 5.54. The summed E-state index contributed by atoms with van der Waals surface area (Å²) >= 11 is 0. The van der Waals surface area contributed by atoms with Crippen LogP contribution in [0.4, 0.5) is 17.6 Å². The lowest BCUT2D eigenvalue weighted by Crippen LogP contribution is -2.33. The summed E-state index contributed by atoms with van der Waals surface area (Å²) in [5.74, 6) is 0.144. The van der Waals surface area contributed by atoms with Gasteiger partial charge >= 0.3 is 6.18 Å². The smallest absolute Gasteiger partial charge is 0.332 e. The van der Waals surface area contributed by atoms with E-state index >= 15 is 0 Å².